The normalized spacial score (nSPS) is 19.6. The highest BCUT2D eigenvalue weighted by Gasteiger charge is 2.33. The molecule has 1 saturated heterocycles. The Morgan fingerprint density at radius 1 is 1.11 bits per heavy atom. The van der Waals surface area contributed by atoms with Gasteiger partial charge >= 0.3 is 0 Å². The number of rotatable bonds is 7. The second kappa shape index (κ2) is 9.47. The summed E-state index contributed by atoms with van der Waals surface area (Å²) in [6.07, 6.45) is 4.95. The molecule has 0 spiro atoms. The number of hydrogen-bond donors (Lipinski definition) is 1. The van der Waals surface area contributed by atoms with Crippen LogP contribution in [0.1, 0.15) is 49.8 Å². The first-order valence-corrected chi connectivity index (χ1v) is 14.0. The molecule has 5 rings (SSSR count). The van der Waals surface area contributed by atoms with Crippen molar-refractivity contribution < 1.29 is 22.7 Å². The van der Waals surface area contributed by atoms with Crippen molar-refractivity contribution in [3.05, 3.63) is 53.1 Å². The molecular formula is C27H34N2O5S. The third-order valence-electron chi connectivity index (χ3n) is 7.25. The van der Waals surface area contributed by atoms with Crippen molar-refractivity contribution in [3.8, 4) is 11.5 Å². The number of aryl methyl sites for hydroxylation is 2. The van der Waals surface area contributed by atoms with Gasteiger partial charge in [-0.1, -0.05) is 18.2 Å². The minimum atomic E-state index is -3.53. The zero-order valence-electron chi connectivity index (χ0n) is 20.5. The number of ether oxygens (including phenoxy) is 2. The Balaban J connectivity index is 1.09. The third-order valence-corrected chi connectivity index (χ3v) is 9.14. The maximum absolute atomic E-state index is 13.1. The van der Waals surface area contributed by atoms with Crippen molar-refractivity contribution in [1.82, 2.24) is 9.62 Å². The molecule has 3 aliphatic rings. The summed E-state index contributed by atoms with van der Waals surface area (Å²) in [5.41, 5.74) is 3.31. The first kappa shape index (κ1) is 24.1. The van der Waals surface area contributed by atoms with Crippen molar-refractivity contribution in [2.45, 2.75) is 62.9 Å². The van der Waals surface area contributed by atoms with Crippen LogP contribution in [0, 0.1) is 5.92 Å². The molecule has 2 heterocycles. The molecule has 0 aromatic heterocycles. The van der Waals surface area contributed by atoms with Gasteiger partial charge in [0.25, 0.3) is 0 Å². The number of amides is 1. The molecule has 0 radical (unpaired) electrons. The van der Waals surface area contributed by atoms with Gasteiger partial charge in [-0.3, -0.25) is 4.79 Å². The highest BCUT2D eigenvalue weighted by molar-refractivity contribution is 7.89. The van der Waals surface area contributed by atoms with Crippen LogP contribution in [0.5, 0.6) is 11.5 Å². The summed E-state index contributed by atoms with van der Waals surface area (Å²) >= 11 is 0. The lowest BCUT2D eigenvalue weighted by Crippen LogP contribution is -2.43. The van der Waals surface area contributed by atoms with Crippen LogP contribution in [0.4, 0.5) is 0 Å². The van der Waals surface area contributed by atoms with Crippen LogP contribution in [0.3, 0.4) is 0 Å². The van der Waals surface area contributed by atoms with E-state index in [2.05, 4.69) is 25.2 Å². The molecule has 2 aliphatic heterocycles. The summed E-state index contributed by atoms with van der Waals surface area (Å²) in [6.45, 7) is 5.56. The smallest absolute Gasteiger partial charge is 0.243 e. The summed E-state index contributed by atoms with van der Waals surface area (Å²) in [5, 5.41) is 2.95. The highest BCUT2D eigenvalue weighted by Crippen LogP contribution is 2.41. The van der Waals surface area contributed by atoms with Gasteiger partial charge in [-0.05, 0) is 75.3 Å². The summed E-state index contributed by atoms with van der Waals surface area (Å²) in [7, 11) is -3.53. The van der Waals surface area contributed by atoms with Crippen LogP contribution in [-0.4, -0.2) is 50.5 Å². The fourth-order valence-corrected chi connectivity index (χ4v) is 6.92. The molecule has 0 unspecified atom stereocenters. The average molecular weight is 499 g/mol. The van der Waals surface area contributed by atoms with Crippen molar-refractivity contribution >= 4 is 15.9 Å². The summed E-state index contributed by atoms with van der Waals surface area (Å²) in [5.74, 6) is 1.26. The van der Waals surface area contributed by atoms with Crippen molar-refractivity contribution in [2.24, 2.45) is 5.92 Å². The Labute approximate surface area is 207 Å². The van der Waals surface area contributed by atoms with Crippen LogP contribution in [-0.2, 0) is 34.1 Å². The van der Waals surface area contributed by atoms with Crippen molar-refractivity contribution in [3.63, 3.8) is 0 Å². The lowest BCUT2D eigenvalue weighted by Gasteiger charge is -2.30. The molecule has 2 aromatic carbocycles. The van der Waals surface area contributed by atoms with E-state index in [1.54, 1.807) is 6.07 Å². The van der Waals surface area contributed by atoms with E-state index < -0.39 is 10.0 Å². The molecule has 1 amide bonds. The minimum Gasteiger partial charge on any atom is -0.488 e. The zero-order valence-corrected chi connectivity index (χ0v) is 21.3. The quantitative estimate of drug-likeness (QED) is 0.591. The van der Waals surface area contributed by atoms with Gasteiger partial charge in [0, 0.05) is 31.0 Å². The third kappa shape index (κ3) is 5.05. The van der Waals surface area contributed by atoms with E-state index in [-0.39, 0.29) is 17.4 Å². The van der Waals surface area contributed by atoms with Gasteiger partial charge in [-0.25, -0.2) is 8.42 Å². The molecule has 0 saturated carbocycles. The van der Waals surface area contributed by atoms with Gasteiger partial charge in [0.2, 0.25) is 15.9 Å². The molecule has 1 fully saturated rings. The largest absolute Gasteiger partial charge is 0.488 e. The second-order valence-corrected chi connectivity index (χ2v) is 12.3. The molecule has 8 heteroatoms. The van der Waals surface area contributed by atoms with Gasteiger partial charge in [0.1, 0.15) is 12.2 Å². The van der Waals surface area contributed by atoms with Crippen LogP contribution in [0.15, 0.2) is 41.3 Å². The molecule has 0 atom stereocenters. The van der Waals surface area contributed by atoms with E-state index in [1.807, 2.05) is 24.3 Å². The Kier molecular flexibility index (Phi) is 6.53. The molecule has 1 aliphatic carbocycles. The maximum atomic E-state index is 13.1. The zero-order chi connectivity index (χ0) is 24.6. The Hall–Kier alpha value is -2.58. The predicted molar refractivity (Wildman–Crippen MR) is 133 cm³/mol. The molecule has 188 valence electrons. The fraction of sp³-hybridized carbons (Fsp3) is 0.519. The number of para-hydroxylation sites is 1. The molecular weight excluding hydrogens is 464 g/mol. The average Bonchev–Trinajstić information content (AvgIpc) is 3.44. The lowest BCUT2D eigenvalue weighted by molar-refractivity contribution is -0.126. The second-order valence-electron chi connectivity index (χ2n) is 10.4. The molecule has 2 aromatic rings. The SMILES string of the molecule is CC1(C)Cc2cccc(OCCNC(=O)C3CCN(S(=O)(=O)c4ccc5c(c4)CCC5)CC3)c2O1. The molecule has 0 bridgehead atoms. The maximum Gasteiger partial charge on any atom is 0.243 e. The molecule has 35 heavy (non-hydrogen) atoms. The molecule has 1 N–H and O–H groups in total. The van der Waals surface area contributed by atoms with Crippen LogP contribution < -0.4 is 14.8 Å². The summed E-state index contributed by atoms with van der Waals surface area (Å²) in [4.78, 5) is 13.0. The first-order valence-electron chi connectivity index (χ1n) is 12.6. The summed E-state index contributed by atoms with van der Waals surface area (Å²) < 4.78 is 39.7. The Bertz CT molecular complexity index is 1220. The Morgan fingerprint density at radius 3 is 2.69 bits per heavy atom. The van der Waals surface area contributed by atoms with Crippen LogP contribution in [0.2, 0.25) is 0 Å². The van der Waals surface area contributed by atoms with E-state index >= 15 is 0 Å². The van der Waals surface area contributed by atoms with Crippen LogP contribution >= 0.6 is 0 Å². The Morgan fingerprint density at radius 2 is 1.89 bits per heavy atom. The topological polar surface area (TPSA) is 84.9 Å². The number of sulfonamides is 1. The monoisotopic (exact) mass is 498 g/mol. The predicted octanol–water partition coefficient (Wildman–Crippen LogP) is 3.48. The van der Waals surface area contributed by atoms with Crippen LogP contribution in [0.25, 0.3) is 0 Å². The minimum absolute atomic E-state index is 0.0427. The number of hydrogen-bond acceptors (Lipinski definition) is 5. The van der Waals surface area contributed by atoms with E-state index in [1.165, 1.54) is 9.87 Å². The molecule has 7 nitrogen and oxygen atoms in total. The van der Waals surface area contributed by atoms with Gasteiger partial charge in [-0.2, -0.15) is 4.31 Å². The number of fused-ring (bicyclic) bond motifs is 2. The number of carbonyl (C=O) groups is 1. The van der Waals surface area contributed by atoms with Gasteiger partial charge < -0.3 is 14.8 Å². The van der Waals surface area contributed by atoms with Crippen molar-refractivity contribution in [2.75, 3.05) is 26.2 Å². The number of nitrogens with one attached hydrogen (secondary N) is 1. The van der Waals surface area contributed by atoms with E-state index in [4.69, 9.17) is 9.47 Å². The fourth-order valence-electron chi connectivity index (χ4n) is 5.40. The standard InChI is InChI=1S/C27H34N2O5S/c1-27(2)18-22-7-4-8-24(25(22)34-27)33-16-13-28-26(30)20-11-14-29(15-12-20)35(31,32)23-10-9-19-5-3-6-21(19)17-23/h4,7-10,17,20H,3,5-6,11-16,18H2,1-2H3,(H,28,30). The highest BCUT2D eigenvalue weighted by atomic mass is 32.2. The van der Waals surface area contributed by atoms with Gasteiger partial charge in [0.15, 0.2) is 11.5 Å². The number of carbonyl (C=O) groups excluding carboxylic acids is 1. The van der Waals surface area contributed by atoms with E-state index in [9.17, 15) is 13.2 Å². The first-order chi connectivity index (χ1) is 16.7. The number of nitrogens with zero attached hydrogens (tertiary/aromatic N) is 1. The summed E-state index contributed by atoms with van der Waals surface area (Å²) in [6, 6.07) is 11.4. The lowest BCUT2D eigenvalue weighted by atomic mass is 9.97. The van der Waals surface area contributed by atoms with Gasteiger partial charge in [0.05, 0.1) is 11.4 Å². The van der Waals surface area contributed by atoms with E-state index in [0.29, 0.717) is 49.7 Å². The number of piperidine rings is 1. The number of benzene rings is 2. The van der Waals surface area contributed by atoms with E-state index in [0.717, 1.165) is 42.6 Å². The van der Waals surface area contributed by atoms with Crippen molar-refractivity contribution in [1.29, 1.82) is 0 Å². The van der Waals surface area contributed by atoms with Gasteiger partial charge in [-0.15, -0.1) is 0 Å².